The number of methoxy groups -OCH3 is 1. The highest BCUT2D eigenvalue weighted by molar-refractivity contribution is 7.92. The van der Waals surface area contributed by atoms with Gasteiger partial charge in [-0.05, 0) is 72.3 Å². The molecule has 5 rings (SSSR count). The van der Waals surface area contributed by atoms with Crippen molar-refractivity contribution in [2.45, 2.75) is 11.4 Å². The van der Waals surface area contributed by atoms with Crippen LogP contribution in [0.2, 0.25) is 10.0 Å². The van der Waals surface area contributed by atoms with Crippen molar-refractivity contribution in [1.29, 1.82) is 0 Å². The fourth-order valence-corrected chi connectivity index (χ4v) is 6.27. The molecule has 0 amide bonds. The van der Waals surface area contributed by atoms with Crippen LogP contribution in [0, 0.1) is 0 Å². The molecular formula is C27H20Cl2N2O5S2. The minimum Gasteiger partial charge on any atom is -0.497 e. The van der Waals surface area contributed by atoms with E-state index in [1.165, 1.54) is 18.2 Å². The van der Waals surface area contributed by atoms with Gasteiger partial charge in [-0.1, -0.05) is 52.7 Å². The molecule has 0 saturated heterocycles. The summed E-state index contributed by atoms with van der Waals surface area (Å²) >= 11 is 13.4. The number of nitrogens with one attached hydrogen (secondary N) is 1. The van der Waals surface area contributed by atoms with Crippen LogP contribution in [0.3, 0.4) is 0 Å². The number of ether oxygens (including phenoxy) is 2. The van der Waals surface area contributed by atoms with Gasteiger partial charge in [0, 0.05) is 10.0 Å². The lowest BCUT2D eigenvalue weighted by Crippen LogP contribution is -2.14. The van der Waals surface area contributed by atoms with E-state index in [-0.39, 0.29) is 27.8 Å². The molecule has 0 aliphatic carbocycles. The lowest BCUT2D eigenvalue weighted by atomic mass is 10.2. The van der Waals surface area contributed by atoms with Gasteiger partial charge in [-0.25, -0.2) is 8.42 Å². The van der Waals surface area contributed by atoms with E-state index < -0.39 is 10.0 Å². The molecule has 0 saturated carbocycles. The molecule has 0 atom stereocenters. The topological polar surface area (TPSA) is 86.6 Å². The normalized spacial score (nSPS) is 11.4. The monoisotopic (exact) mass is 586 g/mol. The number of fused-ring (bicyclic) bond motifs is 1. The van der Waals surface area contributed by atoms with Gasteiger partial charge in [0.25, 0.3) is 10.0 Å². The summed E-state index contributed by atoms with van der Waals surface area (Å²) in [5, 5.41) is 0.881. The Balaban J connectivity index is 1.44. The van der Waals surface area contributed by atoms with Gasteiger partial charge in [0.1, 0.15) is 11.5 Å². The first kappa shape index (κ1) is 26.1. The highest BCUT2D eigenvalue weighted by Crippen LogP contribution is 2.34. The Morgan fingerprint density at radius 3 is 2.39 bits per heavy atom. The second-order valence-electron chi connectivity index (χ2n) is 8.20. The smallest absolute Gasteiger partial charge is 0.308 e. The molecule has 0 radical (unpaired) electrons. The average molecular weight is 588 g/mol. The summed E-state index contributed by atoms with van der Waals surface area (Å²) in [6.45, 7) is 0.275. The van der Waals surface area contributed by atoms with Crippen molar-refractivity contribution >= 4 is 60.5 Å². The second kappa shape index (κ2) is 10.7. The van der Waals surface area contributed by atoms with Crippen LogP contribution in [0.5, 0.6) is 17.2 Å². The van der Waals surface area contributed by atoms with Crippen LogP contribution in [0.4, 0.5) is 5.69 Å². The van der Waals surface area contributed by atoms with Crippen LogP contribution >= 0.6 is 34.5 Å². The van der Waals surface area contributed by atoms with Gasteiger partial charge in [0.2, 0.25) is 0 Å². The summed E-state index contributed by atoms with van der Waals surface area (Å²) in [7, 11) is -2.49. The standard InChI is InChI=1S/C27H20Cl2N2O5S2/c1-35-19-7-9-20(10-8-19)36-25-13-6-18(28)14-23(25)30-38(33,34)21-11-12-24-26(15-21)37-27(32)31(24)16-17-4-2-3-5-22(17)29/h2-15,30H,16H2,1H3. The summed E-state index contributed by atoms with van der Waals surface area (Å²) in [6, 6.07) is 23.3. The van der Waals surface area contributed by atoms with Gasteiger partial charge in [0.05, 0.1) is 34.5 Å². The van der Waals surface area contributed by atoms with E-state index in [1.54, 1.807) is 60.2 Å². The number of thiazole rings is 1. The van der Waals surface area contributed by atoms with E-state index >= 15 is 0 Å². The number of benzene rings is 4. The van der Waals surface area contributed by atoms with Gasteiger partial charge in [-0.15, -0.1) is 0 Å². The van der Waals surface area contributed by atoms with Crippen molar-refractivity contribution in [2.24, 2.45) is 0 Å². The van der Waals surface area contributed by atoms with Crippen molar-refractivity contribution < 1.29 is 17.9 Å². The molecule has 194 valence electrons. The predicted molar refractivity (Wildman–Crippen MR) is 152 cm³/mol. The third kappa shape index (κ3) is 5.51. The summed E-state index contributed by atoms with van der Waals surface area (Å²) in [5.41, 5.74) is 1.57. The van der Waals surface area contributed by atoms with Crippen molar-refractivity contribution in [3.63, 3.8) is 0 Å². The molecule has 0 spiro atoms. The lowest BCUT2D eigenvalue weighted by molar-refractivity contribution is 0.413. The maximum atomic E-state index is 13.3. The molecular weight excluding hydrogens is 567 g/mol. The molecule has 0 aliphatic heterocycles. The number of anilines is 1. The molecule has 4 aromatic carbocycles. The quantitative estimate of drug-likeness (QED) is 0.211. The molecule has 0 aliphatic rings. The molecule has 0 unspecified atom stereocenters. The Morgan fingerprint density at radius 2 is 1.66 bits per heavy atom. The van der Waals surface area contributed by atoms with E-state index in [0.717, 1.165) is 16.9 Å². The molecule has 5 aromatic rings. The minimum absolute atomic E-state index is 0.00786. The van der Waals surface area contributed by atoms with Gasteiger partial charge in [0.15, 0.2) is 5.75 Å². The number of nitrogens with zero attached hydrogens (tertiary/aromatic N) is 1. The van der Waals surface area contributed by atoms with Gasteiger partial charge < -0.3 is 9.47 Å². The number of hydrogen-bond acceptors (Lipinski definition) is 6. The first-order valence-corrected chi connectivity index (χ1v) is 14.3. The Bertz CT molecular complexity index is 1800. The summed E-state index contributed by atoms with van der Waals surface area (Å²) in [6.07, 6.45) is 0. The highest BCUT2D eigenvalue weighted by atomic mass is 35.5. The van der Waals surface area contributed by atoms with Crippen LogP contribution in [0.1, 0.15) is 5.56 Å². The fourth-order valence-electron chi connectivity index (χ4n) is 3.81. The predicted octanol–water partition coefficient (Wildman–Crippen LogP) is 7.02. The Hall–Kier alpha value is -3.50. The maximum Gasteiger partial charge on any atom is 0.308 e. The SMILES string of the molecule is COc1ccc(Oc2ccc(Cl)cc2NS(=O)(=O)c2ccc3c(c2)sc(=O)n3Cc2ccccc2Cl)cc1. The molecule has 11 heteroatoms. The molecule has 38 heavy (non-hydrogen) atoms. The summed E-state index contributed by atoms with van der Waals surface area (Å²) in [5.74, 6) is 1.41. The zero-order valence-electron chi connectivity index (χ0n) is 19.9. The maximum absolute atomic E-state index is 13.3. The minimum atomic E-state index is -4.05. The van der Waals surface area contributed by atoms with Crippen molar-refractivity contribution in [3.8, 4) is 17.2 Å². The zero-order valence-corrected chi connectivity index (χ0v) is 23.0. The van der Waals surface area contributed by atoms with Gasteiger partial charge in [-0.3, -0.25) is 14.1 Å². The van der Waals surface area contributed by atoms with Crippen LogP contribution in [0.25, 0.3) is 10.2 Å². The molecule has 1 aromatic heterocycles. The van der Waals surface area contributed by atoms with Crippen molar-refractivity contribution in [1.82, 2.24) is 4.57 Å². The molecule has 7 nitrogen and oxygen atoms in total. The first-order valence-electron chi connectivity index (χ1n) is 11.2. The summed E-state index contributed by atoms with van der Waals surface area (Å²) < 4.78 is 42.4. The van der Waals surface area contributed by atoms with Gasteiger partial charge in [-0.2, -0.15) is 0 Å². The Kier molecular flexibility index (Phi) is 7.36. The molecule has 0 fully saturated rings. The average Bonchev–Trinajstić information content (AvgIpc) is 3.21. The van der Waals surface area contributed by atoms with Crippen LogP contribution in [-0.2, 0) is 16.6 Å². The third-order valence-electron chi connectivity index (χ3n) is 5.71. The number of aromatic nitrogens is 1. The van der Waals surface area contributed by atoms with E-state index in [4.69, 9.17) is 32.7 Å². The Labute approximate surface area is 232 Å². The van der Waals surface area contributed by atoms with E-state index in [0.29, 0.717) is 31.8 Å². The molecule has 0 bridgehead atoms. The highest BCUT2D eigenvalue weighted by Gasteiger charge is 2.20. The van der Waals surface area contributed by atoms with Crippen molar-refractivity contribution in [2.75, 3.05) is 11.8 Å². The van der Waals surface area contributed by atoms with E-state index in [2.05, 4.69) is 4.72 Å². The number of rotatable bonds is 8. The summed E-state index contributed by atoms with van der Waals surface area (Å²) in [4.78, 5) is 12.5. The number of hydrogen-bond donors (Lipinski definition) is 1. The largest absolute Gasteiger partial charge is 0.497 e. The molecule has 1 N–H and O–H groups in total. The first-order chi connectivity index (χ1) is 18.2. The van der Waals surface area contributed by atoms with Crippen molar-refractivity contribution in [3.05, 3.63) is 110 Å². The number of halogens is 2. The lowest BCUT2D eigenvalue weighted by Gasteiger charge is -2.14. The zero-order chi connectivity index (χ0) is 26.9. The van der Waals surface area contributed by atoms with Crippen LogP contribution in [-0.4, -0.2) is 20.1 Å². The van der Waals surface area contributed by atoms with Crippen LogP contribution < -0.4 is 19.1 Å². The van der Waals surface area contributed by atoms with Crippen LogP contribution in [0.15, 0.2) is 94.6 Å². The van der Waals surface area contributed by atoms with E-state index in [9.17, 15) is 13.2 Å². The van der Waals surface area contributed by atoms with Gasteiger partial charge >= 0.3 is 4.87 Å². The fraction of sp³-hybridized carbons (Fsp3) is 0.0741. The number of sulfonamides is 1. The van der Waals surface area contributed by atoms with E-state index in [1.807, 2.05) is 18.2 Å². The molecule has 1 heterocycles. The second-order valence-corrected chi connectivity index (χ2v) is 11.7. The Morgan fingerprint density at radius 1 is 0.921 bits per heavy atom. The third-order valence-corrected chi connectivity index (χ3v) is 8.62.